The predicted molar refractivity (Wildman–Crippen MR) is 132 cm³/mol. The van der Waals surface area contributed by atoms with Crippen LogP contribution in [0.4, 0.5) is 5.95 Å². The maximum absolute atomic E-state index is 13.4. The van der Waals surface area contributed by atoms with E-state index in [1.54, 1.807) is 37.3 Å². The second-order valence-electron chi connectivity index (χ2n) is 7.88. The van der Waals surface area contributed by atoms with Crippen LogP contribution in [-0.4, -0.2) is 64.8 Å². The van der Waals surface area contributed by atoms with Gasteiger partial charge in [-0.1, -0.05) is 6.07 Å². The van der Waals surface area contributed by atoms with E-state index >= 15 is 0 Å². The monoisotopic (exact) mass is 530 g/mol. The van der Waals surface area contributed by atoms with E-state index in [4.69, 9.17) is 18.6 Å². The Hall–Kier alpha value is -4.17. The first kappa shape index (κ1) is 25.9. The van der Waals surface area contributed by atoms with Crippen molar-refractivity contribution in [2.24, 2.45) is 0 Å². The van der Waals surface area contributed by atoms with E-state index in [0.717, 1.165) is 0 Å². The van der Waals surface area contributed by atoms with Gasteiger partial charge in [-0.2, -0.15) is 0 Å². The quantitative estimate of drug-likeness (QED) is 0.309. The summed E-state index contributed by atoms with van der Waals surface area (Å²) in [5.74, 6) is 1.94. The second-order valence-corrected chi connectivity index (χ2v) is 9.92. The molecule has 0 aliphatic carbocycles. The third-order valence-electron chi connectivity index (χ3n) is 5.58. The molecule has 0 radical (unpaired) electrons. The molecule has 0 aliphatic heterocycles. The Morgan fingerprint density at radius 3 is 2.24 bits per heavy atom. The van der Waals surface area contributed by atoms with Crippen LogP contribution >= 0.6 is 0 Å². The topological polar surface area (TPSA) is 164 Å². The molecule has 3 heterocycles. The molecule has 13 nitrogen and oxygen atoms in total. The summed E-state index contributed by atoms with van der Waals surface area (Å²) in [7, 11) is 0.114. The van der Waals surface area contributed by atoms with Crippen LogP contribution in [0.25, 0.3) is 17.3 Å². The highest BCUT2D eigenvalue weighted by Crippen LogP contribution is 2.38. The first-order chi connectivity index (χ1) is 17.7. The Morgan fingerprint density at radius 1 is 1.00 bits per heavy atom. The number of methoxy groups -OCH3 is 3. The zero-order valence-corrected chi connectivity index (χ0v) is 21.6. The summed E-state index contributed by atoms with van der Waals surface area (Å²) >= 11 is 0. The third-order valence-corrected chi connectivity index (χ3v) is 7.28. The fourth-order valence-corrected chi connectivity index (χ4v) is 4.59. The molecule has 37 heavy (non-hydrogen) atoms. The standard InChI is InChI=1S/C23H26N6O7S/c1-13-9-10-18(36-13)22-26-27-23(29(22)20-16(33-3)7-6-8-17(20)34-4)28-37(31,32)14(2)21(30)15-11-25-19(35-5)12-24-15/h6-12,14,21,30H,1-5H3,(H,27,28)/t14-,21-/m0/s1. The van der Waals surface area contributed by atoms with Gasteiger partial charge in [0.15, 0.2) is 5.76 Å². The molecule has 1 aromatic carbocycles. The fraction of sp³-hybridized carbons (Fsp3) is 0.304. The Labute approximate surface area is 213 Å². The van der Waals surface area contributed by atoms with E-state index < -0.39 is 21.4 Å². The highest BCUT2D eigenvalue weighted by atomic mass is 32.2. The van der Waals surface area contributed by atoms with Crippen LogP contribution in [0, 0.1) is 6.92 Å². The molecule has 0 saturated heterocycles. The largest absolute Gasteiger partial charge is 0.494 e. The van der Waals surface area contributed by atoms with Gasteiger partial charge in [-0.25, -0.2) is 13.4 Å². The molecule has 0 spiro atoms. The van der Waals surface area contributed by atoms with Gasteiger partial charge >= 0.3 is 0 Å². The number of nitrogens with one attached hydrogen (secondary N) is 1. The minimum absolute atomic E-state index is 0.0540. The molecule has 196 valence electrons. The van der Waals surface area contributed by atoms with Crippen LogP contribution in [0.3, 0.4) is 0 Å². The molecular weight excluding hydrogens is 504 g/mol. The lowest BCUT2D eigenvalue weighted by Gasteiger charge is -2.21. The van der Waals surface area contributed by atoms with Crippen molar-refractivity contribution in [2.75, 3.05) is 26.1 Å². The SMILES string of the molecule is COc1cnc([C@@H](O)[C@H](C)S(=O)(=O)Nc2nnc(-c3ccc(C)o3)n2-c2c(OC)cccc2OC)cn1. The van der Waals surface area contributed by atoms with Crippen molar-refractivity contribution >= 4 is 16.0 Å². The molecule has 0 aliphatic rings. The van der Waals surface area contributed by atoms with Crippen molar-refractivity contribution in [3.63, 3.8) is 0 Å². The third kappa shape index (κ3) is 5.06. The molecule has 4 aromatic rings. The molecule has 4 rings (SSSR count). The Bertz CT molecular complexity index is 1460. The van der Waals surface area contributed by atoms with E-state index in [-0.39, 0.29) is 23.3 Å². The van der Waals surface area contributed by atoms with Crippen LogP contribution in [-0.2, 0) is 10.0 Å². The number of aryl methyl sites for hydroxylation is 1. The van der Waals surface area contributed by atoms with Gasteiger partial charge in [0.1, 0.15) is 34.3 Å². The van der Waals surface area contributed by atoms with Crippen molar-refractivity contribution in [2.45, 2.75) is 25.2 Å². The molecule has 0 unspecified atom stereocenters. The van der Waals surface area contributed by atoms with Gasteiger partial charge in [-0.15, -0.1) is 10.2 Å². The Balaban J connectivity index is 1.79. The number of benzene rings is 1. The van der Waals surface area contributed by atoms with Crippen molar-refractivity contribution in [3.8, 4) is 34.7 Å². The molecule has 2 atom stereocenters. The number of sulfonamides is 1. The van der Waals surface area contributed by atoms with Gasteiger partial charge in [0.2, 0.25) is 27.7 Å². The second kappa shape index (κ2) is 10.4. The number of aliphatic hydroxyl groups is 1. The highest BCUT2D eigenvalue weighted by Gasteiger charge is 2.33. The van der Waals surface area contributed by atoms with Crippen molar-refractivity contribution in [1.82, 2.24) is 24.7 Å². The number of aromatic nitrogens is 5. The number of ether oxygens (including phenoxy) is 3. The first-order valence-corrected chi connectivity index (χ1v) is 12.5. The lowest BCUT2D eigenvalue weighted by Crippen LogP contribution is -2.32. The number of aliphatic hydroxyl groups excluding tert-OH is 1. The lowest BCUT2D eigenvalue weighted by molar-refractivity contribution is 0.170. The Kier molecular flexibility index (Phi) is 7.31. The zero-order chi connectivity index (χ0) is 26.7. The number of para-hydroxylation sites is 1. The van der Waals surface area contributed by atoms with Crippen LogP contribution in [0.5, 0.6) is 17.4 Å². The minimum atomic E-state index is -4.24. The molecule has 14 heteroatoms. The summed E-state index contributed by atoms with van der Waals surface area (Å²) in [6, 6.07) is 8.52. The summed E-state index contributed by atoms with van der Waals surface area (Å²) in [4.78, 5) is 8.01. The maximum Gasteiger partial charge on any atom is 0.243 e. The average Bonchev–Trinajstić information content (AvgIpc) is 3.52. The average molecular weight is 531 g/mol. The van der Waals surface area contributed by atoms with E-state index in [1.165, 1.54) is 45.2 Å². The van der Waals surface area contributed by atoms with Gasteiger partial charge in [-0.3, -0.25) is 14.3 Å². The highest BCUT2D eigenvalue weighted by molar-refractivity contribution is 7.93. The number of rotatable bonds is 10. The number of furan rings is 1. The zero-order valence-electron chi connectivity index (χ0n) is 20.7. The van der Waals surface area contributed by atoms with Crippen LogP contribution in [0.1, 0.15) is 24.5 Å². The van der Waals surface area contributed by atoms with Crippen molar-refractivity contribution < 1.29 is 32.2 Å². The molecule has 0 fully saturated rings. The van der Waals surface area contributed by atoms with Gasteiger partial charge in [0.05, 0.1) is 39.4 Å². The molecule has 2 N–H and O–H groups in total. The van der Waals surface area contributed by atoms with Crippen molar-refractivity contribution in [1.29, 1.82) is 0 Å². The Morgan fingerprint density at radius 2 is 1.70 bits per heavy atom. The number of hydrogen-bond donors (Lipinski definition) is 2. The minimum Gasteiger partial charge on any atom is -0.494 e. The summed E-state index contributed by atoms with van der Waals surface area (Å²) in [5, 5.41) is 17.6. The smallest absolute Gasteiger partial charge is 0.243 e. The molecule has 3 aromatic heterocycles. The normalized spacial score (nSPS) is 13.1. The van der Waals surface area contributed by atoms with Gasteiger partial charge in [0, 0.05) is 0 Å². The van der Waals surface area contributed by atoms with E-state index in [9.17, 15) is 13.5 Å². The summed E-state index contributed by atoms with van der Waals surface area (Å²) in [6.07, 6.45) is 1.03. The van der Waals surface area contributed by atoms with Crippen LogP contribution in [0.15, 0.2) is 47.1 Å². The van der Waals surface area contributed by atoms with Gasteiger partial charge in [-0.05, 0) is 38.1 Å². The molecule has 0 bridgehead atoms. The summed E-state index contributed by atoms with van der Waals surface area (Å²) < 4.78 is 52.3. The van der Waals surface area contributed by atoms with Gasteiger partial charge in [0.25, 0.3) is 0 Å². The van der Waals surface area contributed by atoms with E-state index in [2.05, 4.69) is 24.9 Å². The van der Waals surface area contributed by atoms with Crippen LogP contribution < -0.4 is 18.9 Å². The molecule has 0 amide bonds. The van der Waals surface area contributed by atoms with Gasteiger partial charge < -0.3 is 23.7 Å². The summed E-state index contributed by atoms with van der Waals surface area (Å²) in [5.41, 5.74) is 0.395. The van der Waals surface area contributed by atoms with E-state index in [0.29, 0.717) is 28.7 Å². The first-order valence-electron chi connectivity index (χ1n) is 11.0. The number of nitrogens with zero attached hydrogens (tertiary/aromatic N) is 5. The molecule has 0 saturated carbocycles. The maximum atomic E-state index is 13.4. The van der Waals surface area contributed by atoms with E-state index in [1.807, 2.05) is 0 Å². The lowest BCUT2D eigenvalue weighted by atomic mass is 10.2. The van der Waals surface area contributed by atoms with Crippen LogP contribution in [0.2, 0.25) is 0 Å². The van der Waals surface area contributed by atoms with Crippen molar-refractivity contribution in [3.05, 3.63) is 54.2 Å². The predicted octanol–water partition coefficient (Wildman–Crippen LogP) is 2.52. The fourth-order valence-electron chi connectivity index (χ4n) is 3.54. The number of anilines is 1. The number of hydrogen-bond acceptors (Lipinski definition) is 11. The molecular formula is C23H26N6O7S. The summed E-state index contributed by atoms with van der Waals surface area (Å²) in [6.45, 7) is 3.10.